The first-order valence-corrected chi connectivity index (χ1v) is 9.51. The summed E-state index contributed by atoms with van der Waals surface area (Å²) in [4.78, 5) is 24.1. The Morgan fingerprint density at radius 2 is 1.86 bits per heavy atom. The average Bonchev–Trinajstić information content (AvgIpc) is 3.48. The monoisotopic (exact) mass is 395 g/mol. The van der Waals surface area contributed by atoms with Crippen molar-refractivity contribution in [2.75, 3.05) is 0 Å². The van der Waals surface area contributed by atoms with Crippen molar-refractivity contribution in [2.45, 2.75) is 31.8 Å². The number of carbonyl (C=O) groups excluding carboxylic acids is 1. The van der Waals surface area contributed by atoms with Crippen molar-refractivity contribution >= 4 is 5.91 Å². The molecular weight excluding hydrogens is 373 g/mol. The van der Waals surface area contributed by atoms with Crippen LogP contribution in [0.1, 0.15) is 35.6 Å². The number of halogens is 1. The molecule has 0 radical (unpaired) electrons. The van der Waals surface area contributed by atoms with Crippen molar-refractivity contribution in [3.8, 4) is 11.4 Å². The van der Waals surface area contributed by atoms with Crippen molar-refractivity contribution in [1.82, 2.24) is 9.36 Å². The zero-order valence-electron chi connectivity index (χ0n) is 16.1. The van der Waals surface area contributed by atoms with Crippen molar-refractivity contribution in [3.05, 3.63) is 81.5 Å². The summed E-state index contributed by atoms with van der Waals surface area (Å²) in [6.45, 7) is 0.189. The fourth-order valence-electron chi connectivity index (χ4n) is 3.57. The van der Waals surface area contributed by atoms with E-state index in [2.05, 4.69) is 0 Å². The lowest BCUT2D eigenvalue weighted by Gasteiger charge is -2.12. The van der Waals surface area contributed by atoms with Gasteiger partial charge in [-0.3, -0.25) is 14.3 Å². The summed E-state index contributed by atoms with van der Waals surface area (Å²) >= 11 is 0. The smallest absolute Gasteiger partial charge is 0.275 e. The number of nitrogens with zero attached hydrogens (tertiary/aromatic N) is 2. The number of primary amides is 1. The molecule has 0 saturated heterocycles. The van der Waals surface area contributed by atoms with Crippen LogP contribution in [0.2, 0.25) is 0 Å². The maximum absolute atomic E-state index is 14.3. The van der Waals surface area contributed by atoms with Gasteiger partial charge in [0.1, 0.15) is 23.9 Å². The van der Waals surface area contributed by atoms with Crippen LogP contribution >= 0.6 is 0 Å². The Bertz CT molecular complexity index is 1110. The number of nitrogens with two attached hydrogens (primary N) is 1. The highest BCUT2D eigenvalue weighted by Crippen LogP contribution is 2.40. The summed E-state index contributed by atoms with van der Waals surface area (Å²) in [5.41, 5.74) is 7.48. The van der Waals surface area contributed by atoms with Gasteiger partial charge in [-0.2, -0.15) is 0 Å². The molecule has 150 valence electrons. The van der Waals surface area contributed by atoms with Gasteiger partial charge in [0.05, 0.1) is 12.1 Å². The molecule has 1 aliphatic carbocycles. The second kappa shape index (κ2) is 7.58. The van der Waals surface area contributed by atoms with E-state index in [9.17, 15) is 14.0 Å². The fraction of sp³-hybridized carbons (Fsp3) is 0.273. The lowest BCUT2D eigenvalue weighted by Crippen LogP contribution is -2.22. The van der Waals surface area contributed by atoms with Gasteiger partial charge in [-0.05, 0) is 48.6 Å². The summed E-state index contributed by atoms with van der Waals surface area (Å²) < 4.78 is 23.3. The van der Waals surface area contributed by atoms with Gasteiger partial charge in [0.15, 0.2) is 0 Å². The Kier molecular flexibility index (Phi) is 4.96. The van der Waals surface area contributed by atoms with E-state index < -0.39 is 11.7 Å². The van der Waals surface area contributed by atoms with Gasteiger partial charge in [0.25, 0.3) is 5.56 Å². The molecule has 1 amide bonds. The molecular formula is C22H22FN3O3. The molecule has 1 saturated carbocycles. The number of hydrogen-bond donors (Lipinski definition) is 1. The molecule has 6 nitrogen and oxygen atoms in total. The molecule has 0 unspecified atom stereocenters. The van der Waals surface area contributed by atoms with Crippen LogP contribution in [-0.4, -0.2) is 15.3 Å². The Morgan fingerprint density at radius 3 is 2.48 bits per heavy atom. The number of ether oxygens (including phenoxy) is 1. The second-order valence-corrected chi connectivity index (χ2v) is 7.30. The summed E-state index contributed by atoms with van der Waals surface area (Å²) in [6, 6.07) is 13.3. The Balaban J connectivity index is 1.64. The molecule has 4 rings (SSSR count). The van der Waals surface area contributed by atoms with Crippen LogP contribution in [-0.2, 0) is 24.9 Å². The number of rotatable bonds is 7. The van der Waals surface area contributed by atoms with Gasteiger partial charge in [-0.25, -0.2) is 9.07 Å². The quantitative estimate of drug-likeness (QED) is 0.668. The molecule has 0 aliphatic heterocycles. The number of carbonyl (C=O) groups is 1. The van der Waals surface area contributed by atoms with Crippen molar-refractivity contribution in [2.24, 2.45) is 12.8 Å². The molecule has 1 aliphatic rings. The largest absolute Gasteiger partial charge is 0.487 e. The number of benzene rings is 2. The van der Waals surface area contributed by atoms with Gasteiger partial charge in [0.2, 0.25) is 5.91 Å². The van der Waals surface area contributed by atoms with E-state index in [1.807, 2.05) is 0 Å². The molecule has 0 spiro atoms. The van der Waals surface area contributed by atoms with Crippen molar-refractivity contribution in [1.29, 1.82) is 0 Å². The summed E-state index contributed by atoms with van der Waals surface area (Å²) in [5, 5.41) is 0. The zero-order chi connectivity index (χ0) is 20.5. The third kappa shape index (κ3) is 3.81. The molecule has 0 atom stereocenters. The second-order valence-electron chi connectivity index (χ2n) is 7.30. The van der Waals surface area contributed by atoms with Gasteiger partial charge in [-0.1, -0.05) is 24.3 Å². The first kappa shape index (κ1) is 19.0. The van der Waals surface area contributed by atoms with Gasteiger partial charge in [-0.15, -0.1) is 0 Å². The molecule has 3 aromatic rings. The highest BCUT2D eigenvalue weighted by molar-refractivity contribution is 5.76. The van der Waals surface area contributed by atoms with E-state index in [0.29, 0.717) is 11.3 Å². The Hall–Kier alpha value is -3.35. The maximum atomic E-state index is 14.3. The van der Waals surface area contributed by atoms with Crippen LogP contribution in [0, 0.1) is 5.82 Å². The van der Waals surface area contributed by atoms with E-state index >= 15 is 0 Å². The third-order valence-corrected chi connectivity index (χ3v) is 5.17. The molecule has 7 heteroatoms. The topological polar surface area (TPSA) is 79.2 Å². The van der Waals surface area contributed by atoms with Gasteiger partial charge in [0, 0.05) is 12.6 Å². The van der Waals surface area contributed by atoms with Crippen molar-refractivity contribution in [3.63, 3.8) is 0 Å². The van der Waals surface area contributed by atoms with E-state index in [1.54, 1.807) is 54.2 Å². The van der Waals surface area contributed by atoms with Crippen LogP contribution in [0.4, 0.5) is 4.39 Å². The van der Waals surface area contributed by atoms with E-state index in [4.69, 9.17) is 10.5 Å². The molecule has 29 heavy (non-hydrogen) atoms. The fourth-order valence-corrected chi connectivity index (χ4v) is 3.57. The Labute approximate surface area is 167 Å². The van der Waals surface area contributed by atoms with E-state index in [-0.39, 0.29) is 30.2 Å². The standard InChI is InChI=1S/C22H22FN3O3/c1-25-19(13-29-16-10-6-14(7-11-16)12-20(24)27)21(15-8-9-15)22(28)26(25)18-5-3-2-4-17(18)23/h2-7,10-11,15H,8-9,12-13H2,1H3,(H2,24,27). The van der Waals surface area contributed by atoms with Crippen LogP contribution in [0.5, 0.6) is 5.75 Å². The first-order valence-electron chi connectivity index (χ1n) is 9.51. The predicted molar refractivity (Wildman–Crippen MR) is 107 cm³/mol. The molecule has 2 N–H and O–H groups in total. The predicted octanol–water partition coefficient (Wildman–Crippen LogP) is 2.80. The average molecular weight is 395 g/mol. The molecule has 0 bridgehead atoms. The first-order chi connectivity index (χ1) is 14.0. The minimum atomic E-state index is -0.449. The number of amides is 1. The summed E-state index contributed by atoms with van der Waals surface area (Å²) in [7, 11) is 1.74. The SMILES string of the molecule is Cn1c(COc2ccc(CC(N)=O)cc2)c(C2CC2)c(=O)n1-c1ccccc1F. The highest BCUT2D eigenvalue weighted by atomic mass is 19.1. The molecule has 1 heterocycles. The molecule has 1 aromatic heterocycles. The molecule has 1 fully saturated rings. The van der Waals surface area contributed by atoms with Crippen LogP contribution < -0.4 is 16.0 Å². The highest BCUT2D eigenvalue weighted by Gasteiger charge is 2.33. The number of hydrogen-bond acceptors (Lipinski definition) is 3. The lowest BCUT2D eigenvalue weighted by atomic mass is 10.1. The van der Waals surface area contributed by atoms with E-state index in [1.165, 1.54) is 10.7 Å². The Morgan fingerprint density at radius 1 is 1.17 bits per heavy atom. The zero-order valence-corrected chi connectivity index (χ0v) is 16.1. The molecule has 2 aromatic carbocycles. The van der Waals surface area contributed by atoms with Gasteiger partial charge >= 0.3 is 0 Å². The van der Waals surface area contributed by atoms with Crippen LogP contribution in [0.3, 0.4) is 0 Å². The maximum Gasteiger partial charge on any atom is 0.275 e. The summed E-state index contributed by atoms with van der Waals surface area (Å²) in [5.74, 6) is -0.0309. The van der Waals surface area contributed by atoms with Crippen LogP contribution in [0.15, 0.2) is 53.3 Å². The van der Waals surface area contributed by atoms with Crippen molar-refractivity contribution < 1.29 is 13.9 Å². The minimum absolute atomic E-state index is 0.173. The summed E-state index contributed by atoms with van der Waals surface area (Å²) in [6.07, 6.45) is 2.07. The van der Waals surface area contributed by atoms with E-state index in [0.717, 1.165) is 24.1 Å². The van der Waals surface area contributed by atoms with Gasteiger partial charge < -0.3 is 10.5 Å². The lowest BCUT2D eigenvalue weighted by molar-refractivity contribution is -0.117. The normalized spacial score (nSPS) is 13.4. The van der Waals surface area contributed by atoms with Crippen LogP contribution in [0.25, 0.3) is 5.69 Å². The minimum Gasteiger partial charge on any atom is -0.487 e. The number of aromatic nitrogens is 2. The third-order valence-electron chi connectivity index (χ3n) is 5.17. The number of para-hydroxylation sites is 1.